The quantitative estimate of drug-likeness (QED) is 0.229. The minimum atomic E-state index is -0.876. The van der Waals surface area contributed by atoms with Crippen LogP contribution >= 0.6 is 11.6 Å². The van der Waals surface area contributed by atoms with Gasteiger partial charge in [-0.3, -0.25) is 19.7 Å². The number of nitrogens with one attached hydrogen (secondary N) is 1. The molecule has 0 heterocycles. The van der Waals surface area contributed by atoms with Gasteiger partial charge in [0.15, 0.2) is 12.4 Å². The van der Waals surface area contributed by atoms with Gasteiger partial charge in [-0.25, -0.2) is 4.79 Å². The first-order valence-corrected chi connectivity index (χ1v) is 10.2. The Morgan fingerprint density at radius 3 is 2.24 bits per heavy atom. The third-order valence-corrected chi connectivity index (χ3v) is 5.20. The van der Waals surface area contributed by atoms with Gasteiger partial charge >= 0.3 is 5.97 Å². The third-order valence-electron chi connectivity index (χ3n) is 4.88. The summed E-state index contributed by atoms with van der Waals surface area (Å²) in [7, 11) is 0. The summed E-state index contributed by atoms with van der Waals surface area (Å²) in [6.45, 7) is 3.14. The molecule has 3 aromatic carbocycles. The molecule has 33 heavy (non-hydrogen) atoms. The van der Waals surface area contributed by atoms with E-state index in [4.69, 9.17) is 16.3 Å². The number of aryl methyl sites for hydroxylation is 2. The lowest BCUT2D eigenvalue weighted by Crippen LogP contribution is -2.22. The van der Waals surface area contributed by atoms with Gasteiger partial charge in [0.1, 0.15) is 5.02 Å². The molecule has 1 N–H and O–H groups in total. The normalized spacial score (nSPS) is 10.4. The number of para-hydroxylation sites is 1. The number of hydrogen-bond donors (Lipinski definition) is 1. The lowest BCUT2D eigenvalue weighted by molar-refractivity contribution is -0.384. The second kappa shape index (κ2) is 10.1. The van der Waals surface area contributed by atoms with Crippen molar-refractivity contribution in [3.63, 3.8) is 0 Å². The molecule has 0 saturated heterocycles. The topological polar surface area (TPSA) is 116 Å². The summed E-state index contributed by atoms with van der Waals surface area (Å²) in [5.74, 6) is -2.03. The number of carbonyl (C=O) groups excluding carboxylic acids is 3. The van der Waals surface area contributed by atoms with Crippen molar-refractivity contribution in [1.82, 2.24) is 0 Å². The SMILES string of the molecule is Cc1cccc(C)c1NC(=O)COC(=O)c1ccccc1C(=O)c1ccc(Cl)c([N+](=O)[O-])c1. The van der Waals surface area contributed by atoms with Crippen LogP contribution in [0.4, 0.5) is 11.4 Å². The van der Waals surface area contributed by atoms with Gasteiger partial charge in [0.2, 0.25) is 0 Å². The Balaban J connectivity index is 1.76. The Morgan fingerprint density at radius 2 is 1.61 bits per heavy atom. The number of benzene rings is 3. The fourth-order valence-corrected chi connectivity index (χ4v) is 3.39. The van der Waals surface area contributed by atoms with E-state index in [1.54, 1.807) is 6.07 Å². The maximum absolute atomic E-state index is 13.0. The summed E-state index contributed by atoms with van der Waals surface area (Å²) in [5.41, 5.74) is 1.84. The molecule has 0 radical (unpaired) electrons. The maximum Gasteiger partial charge on any atom is 0.339 e. The van der Waals surface area contributed by atoms with Gasteiger partial charge in [0, 0.05) is 22.9 Å². The highest BCUT2D eigenvalue weighted by Crippen LogP contribution is 2.27. The molecule has 0 aromatic heterocycles. The van der Waals surface area contributed by atoms with E-state index in [9.17, 15) is 24.5 Å². The molecule has 0 aliphatic rings. The number of nitro benzene ring substituents is 1. The molecule has 0 fully saturated rings. The minimum absolute atomic E-state index is 0.0147. The predicted octanol–water partition coefficient (Wildman–Crippen LogP) is 4.89. The van der Waals surface area contributed by atoms with E-state index in [-0.39, 0.29) is 21.7 Å². The van der Waals surface area contributed by atoms with Crippen LogP contribution in [-0.2, 0) is 9.53 Å². The molecule has 0 unspecified atom stereocenters. The molecular formula is C24H19ClN2O6. The van der Waals surface area contributed by atoms with Crippen LogP contribution in [0.25, 0.3) is 0 Å². The summed E-state index contributed by atoms with van der Waals surface area (Å²) >= 11 is 5.81. The van der Waals surface area contributed by atoms with Crippen LogP contribution in [0.2, 0.25) is 5.02 Å². The van der Waals surface area contributed by atoms with Gasteiger partial charge in [0.25, 0.3) is 11.6 Å². The van der Waals surface area contributed by atoms with E-state index in [0.717, 1.165) is 17.2 Å². The summed E-state index contributed by atoms with van der Waals surface area (Å²) in [4.78, 5) is 48.3. The standard InChI is InChI=1S/C24H19ClN2O6/c1-14-6-5-7-15(2)22(14)26-21(28)13-33-24(30)18-9-4-3-8-17(18)23(29)16-10-11-19(25)20(12-16)27(31)32/h3-12H,13H2,1-2H3,(H,26,28). The lowest BCUT2D eigenvalue weighted by Gasteiger charge is -2.12. The molecule has 1 amide bonds. The van der Waals surface area contributed by atoms with E-state index in [1.807, 2.05) is 32.0 Å². The first kappa shape index (κ1) is 23.6. The summed E-state index contributed by atoms with van der Waals surface area (Å²) in [6, 6.07) is 15.0. The molecule has 168 valence electrons. The molecule has 0 atom stereocenters. The van der Waals surface area contributed by atoms with E-state index < -0.39 is 34.9 Å². The van der Waals surface area contributed by atoms with Crippen molar-refractivity contribution in [2.45, 2.75) is 13.8 Å². The zero-order valence-corrected chi connectivity index (χ0v) is 18.5. The van der Waals surface area contributed by atoms with Crippen molar-refractivity contribution in [2.75, 3.05) is 11.9 Å². The van der Waals surface area contributed by atoms with Crippen molar-refractivity contribution in [3.8, 4) is 0 Å². The zero-order chi connectivity index (χ0) is 24.1. The molecule has 0 aliphatic heterocycles. The van der Waals surface area contributed by atoms with Crippen LogP contribution in [-0.4, -0.2) is 29.2 Å². The summed E-state index contributed by atoms with van der Waals surface area (Å²) in [5, 5.41) is 13.7. The molecule has 0 saturated carbocycles. The smallest absolute Gasteiger partial charge is 0.339 e. The number of ketones is 1. The maximum atomic E-state index is 13.0. The van der Waals surface area contributed by atoms with E-state index in [0.29, 0.717) is 5.69 Å². The molecule has 8 nitrogen and oxygen atoms in total. The highest BCUT2D eigenvalue weighted by Gasteiger charge is 2.22. The fourth-order valence-electron chi connectivity index (χ4n) is 3.20. The second-order valence-electron chi connectivity index (χ2n) is 7.19. The Kier molecular flexibility index (Phi) is 7.20. The average molecular weight is 467 g/mol. The summed E-state index contributed by atoms with van der Waals surface area (Å²) < 4.78 is 5.12. The van der Waals surface area contributed by atoms with E-state index in [2.05, 4.69) is 5.32 Å². The number of hydrogen-bond acceptors (Lipinski definition) is 6. The van der Waals surface area contributed by atoms with Crippen LogP contribution in [0, 0.1) is 24.0 Å². The van der Waals surface area contributed by atoms with Crippen LogP contribution < -0.4 is 5.32 Å². The monoisotopic (exact) mass is 466 g/mol. The van der Waals surface area contributed by atoms with Gasteiger partial charge in [-0.05, 0) is 43.2 Å². The Hall–Kier alpha value is -4.04. The van der Waals surface area contributed by atoms with Gasteiger partial charge < -0.3 is 10.1 Å². The van der Waals surface area contributed by atoms with Crippen molar-refractivity contribution >= 4 is 40.6 Å². The molecule has 3 rings (SSSR count). The van der Waals surface area contributed by atoms with Gasteiger partial charge in [0.05, 0.1) is 10.5 Å². The number of esters is 1. The number of ether oxygens (including phenoxy) is 1. The zero-order valence-electron chi connectivity index (χ0n) is 17.8. The van der Waals surface area contributed by atoms with Gasteiger partial charge in [-0.15, -0.1) is 0 Å². The van der Waals surface area contributed by atoms with Crippen LogP contribution in [0.1, 0.15) is 37.4 Å². The average Bonchev–Trinajstić information content (AvgIpc) is 2.79. The number of nitro groups is 1. The second-order valence-corrected chi connectivity index (χ2v) is 7.60. The van der Waals surface area contributed by atoms with Crippen LogP contribution in [0.5, 0.6) is 0 Å². The lowest BCUT2D eigenvalue weighted by atomic mass is 9.98. The molecular weight excluding hydrogens is 448 g/mol. The summed E-state index contributed by atoms with van der Waals surface area (Å²) in [6.07, 6.45) is 0. The fraction of sp³-hybridized carbons (Fsp3) is 0.125. The molecule has 0 spiro atoms. The number of nitrogens with zero attached hydrogens (tertiary/aromatic N) is 1. The highest BCUT2D eigenvalue weighted by molar-refractivity contribution is 6.33. The Bertz CT molecular complexity index is 1250. The number of anilines is 1. The van der Waals surface area contributed by atoms with Crippen molar-refractivity contribution in [1.29, 1.82) is 0 Å². The number of carbonyl (C=O) groups is 3. The van der Waals surface area contributed by atoms with Crippen LogP contribution in [0.15, 0.2) is 60.7 Å². The first-order valence-electron chi connectivity index (χ1n) is 9.80. The van der Waals surface area contributed by atoms with Crippen molar-refractivity contribution in [3.05, 3.63) is 104 Å². The Labute approximate surface area is 194 Å². The van der Waals surface area contributed by atoms with Crippen LogP contribution in [0.3, 0.4) is 0 Å². The number of halogens is 1. The Morgan fingerprint density at radius 1 is 0.970 bits per heavy atom. The van der Waals surface area contributed by atoms with E-state index >= 15 is 0 Å². The number of amides is 1. The first-order chi connectivity index (χ1) is 15.7. The van der Waals surface area contributed by atoms with Crippen molar-refractivity contribution < 1.29 is 24.0 Å². The molecule has 0 bridgehead atoms. The van der Waals surface area contributed by atoms with Gasteiger partial charge in [-0.1, -0.05) is 48.0 Å². The number of rotatable bonds is 7. The molecule has 3 aromatic rings. The molecule has 9 heteroatoms. The largest absolute Gasteiger partial charge is 0.452 e. The predicted molar refractivity (Wildman–Crippen MR) is 123 cm³/mol. The van der Waals surface area contributed by atoms with E-state index in [1.165, 1.54) is 30.3 Å². The van der Waals surface area contributed by atoms with Gasteiger partial charge in [-0.2, -0.15) is 0 Å². The van der Waals surface area contributed by atoms with Crippen molar-refractivity contribution in [2.24, 2.45) is 0 Å². The minimum Gasteiger partial charge on any atom is -0.452 e. The third kappa shape index (κ3) is 5.42. The molecule has 0 aliphatic carbocycles. The highest BCUT2D eigenvalue weighted by atomic mass is 35.5.